The van der Waals surface area contributed by atoms with Crippen LogP contribution in [0.25, 0.3) is 0 Å². The summed E-state index contributed by atoms with van der Waals surface area (Å²) in [5, 5.41) is 0. The van der Waals surface area contributed by atoms with E-state index in [-0.39, 0.29) is 11.6 Å². The first kappa shape index (κ1) is 15.4. The maximum atomic E-state index is 12.8. The van der Waals surface area contributed by atoms with Gasteiger partial charge in [0.15, 0.2) is 11.6 Å². The molecule has 1 saturated carbocycles. The fourth-order valence-electron chi connectivity index (χ4n) is 2.69. The van der Waals surface area contributed by atoms with Crippen molar-refractivity contribution in [1.82, 2.24) is 0 Å². The van der Waals surface area contributed by atoms with Crippen molar-refractivity contribution in [3.63, 3.8) is 0 Å². The summed E-state index contributed by atoms with van der Waals surface area (Å²) in [6.07, 6.45) is 0. The van der Waals surface area contributed by atoms with Crippen molar-refractivity contribution in [2.75, 3.05) is 0 Å². The van der Waals surface area contributed by atoms with E-state index in [1.165, 1.54) is 23.5 Å². The van der Waals surface area contributed by atoms with Crippen LogP contribution in [0, 0.1) is 0 Å². The van der Waals surface area contributed by atoms with Crippen LogP contribution in [0.4, 0.5) is 0 Å². The minimum Gasteiger partial charge on any atom is -0.296 e. The van der Waals surface area contributed by atoms with Crippen molar-refractivity contribution < 1.29 is 9.59 Å². The first-order chi connectivity index (χ1) is 10.5. The molecule has 1 aliphatic rings. The van der Waals surface area contributed by atoms with Crippen molar-refractivity contribution in [2.24, 2.45) is 0 Å². The molecule has 0 heterocycles. The molecule has 2 aromatic carbocycles. The Kier molecular flexibility index (Phi) is 3.91. The third-order valence-electron chi connectivity index (χ3n) is 3.86. The predicted octanol–water partition coefficient (Wildman–Crippen LogP) is 4.24. The van der Waals surface area contributed by atoms with Crippen molar-refractivity contribution in [2.45, 2.75) is 33.1 Å². The maximum Gasteiger partial charge on any atom is 0.180 e. The third kappa shape index (κ3) is 2.40. The van der Waals surface area contributed by atoms with Gasteiger partial charge in [0.25, 0.3) is 0 Å². The van der Waals surface area contributed by atoms with Gasteiger partial charge < -0.3 is 0 Å². The topological polar surface area (TPSA) is 34.1 Å². The second-order valence-electron chi connectivity index (χ2n) is 5.55. The highest BCUT2D eigenvalue weighted by molar-refractivity contribution is 8.05. The molecule has 0 amide bonds. The van der Waals surface area contributed by atoms with Crippen LogP contribution in [0.2, 0.25) is 0 Å². The standard InChI is InChI=1S/C18H16O2S2/c1-17(21-13-9-5-3-6-10-13)15(19)18(2,16(17)20)22-14-11-7-4-8-12-14/h3-12H,1-2H3. The molecule has 0 saturated heterocycles. The van der Waals surface area contributed by atoms with Crippen LogP contribution in [-0.4, -0.2) is 21.1 Å². The predicted molar refractivity (Wildman–Crippen MR) is 91.4 cm³/mol. The normalized spacial score (nSPS) is 27.5. The Morgan fingerprint density at radius 1 is 0.636 bits per heavy atom. The van der Waals surface area contributed by atoms with Gasteiger partial charge in [0.1, 0.15) is 9.49 Å². The Hall–Kier alpha value is -1.52. The van der Waals surface area contributed by atoms with Crippen LogP contribution < -0.4 is 0 Å². The largest absolute Gasteiger partial charge is 0.296 e. The van der Waals surface area contributed by atoms with E-state index in [9.17, 15) is 9.59 Å². The summed E-state index contributed by atoms with van der Waals surface area (Å²) in [5.41, 5.74) is 0. The van der Waals surface area contributed by atoms with Gasteiger partial charge in [-0.2, -0.15) is 0 Å². The van der Waals surface area contributed by atoms with Crippen molar-refractivity contribution in [3.05, 3.63) is 60.7 Å². The van der Waals surface area contributed by atoms with Gasteiger partial charge >= 0.3 is 0 Å². The van der Waals surface area contributed by atoms with Crippen LogP contribution >= 0.6 is 23.5 Å². The Bertz CT molecular complexity index is 635. The van der Waals surface area contributed by atoms with E-state index in [1.807, 2.05) is 60.7 Å². The number of hydrogen-bond acceptors (Lipinski definition) is 4. The van der Waals surface area contributed by atoms with E-state index in [4.69, 9.17) is 0 Å². The number of thioether (sulfide) groups is 2. The number of hydrogen-bond donors (Lipinski definition) is 0. The lowest BCUT2D eigenvalue weighted by molar-refractivity contribution is -0.144. The molecule has 1 fully saturated rings. The first-order valence-electron chi connectivity index (χ1n) is 7.05. The summed E-state index contributed by atoms with van der Waals surface area (Å²) in [5.74, 6) is -0.0135. The quantitative estimate of drug-likeness (QED) is 0.786. The number of carbonyl (C=O) groups excluding carboxylic acids is 2. The van der Waals surface area contributed by atoms with Gasteiger partial charge in [-0.25, -0.2) is 0 Å². The molecule has 0 bridgehead atoms. The molecule has 0 radical (unpaired) electrons. The molecule has 0 aliphatic heterocycles. The zero-order chi connectivity index (χ0) is 15.8. The van der Waals surface area contributed by atoms with Crippen molar-refractivity contribution in [3.8, 4) is 0 Å². The fourth-order valence-corrected chi connectivity index (χ4v) is 5.53. The summed E-state index contributed by atoms with van der Waals surface area (Å²) in [7, 11) is 0. The highest BCUT2D eigenvalue weighted by atomic mass is 32.2. The minimum atomic E-state index is -0.974. The minimum absolute atomic E-state index is 0.00675. The molecule has 22 heavy (non-hydrogen) atoms. The van der Waals surface area contributed by atoms with E-state index >= 15 is 0 Å². The average Bonchev–Trinajstić information content (AvgIpc) is 2.55. The van der Waals surface area contributed by atoms with Crippen LogP contribution in [0.3, 0.4) is 0 Å². The molecule has 0 unspecified atom stereocenters. The fraction of sp³-hybridized carbons (Fsp3) is 0.222. The summed E-state index contributed by atoms with van der Waals surface area (Å²) in [6.45, 7) is 3.48. The Morgan fingerprint density at radius 3 is 1.27 bits per heavy atom. The molecular weight excluding hydrogens is 312 g/mol. The maximum absolute atomic E-state index is 12.8. The molecule has 0 spiro atoms. The van der Waals surface area contributed by atoms with Crippen LogP contribution in [-0.2, 0) is 9.59 Å². The summed E-state index contributed by atoms with van der Waals surface area (Å²) in [4.78, 5) is 27.4. The SMILES string of the molecule is CC1(Sc2ccccc2)C(=O)C(C)(Sc2ccccc2)C1=O. The van der Waals surface area contributed by atoms with E-state index in [1.54, 1.807) is 13.8 Å². The highest BCUT2D eigenvalue weighted by Gasteiger charge is 2.67. The number of Topliss-reactive ketones (excluding diaryl/α,β-unsaturated/α-hetero) is 2. The highest BCUT2D eigenvalue weighted by Crippen LogP contribution is 2.54. The third-order valence-corrected chi connectivity index (χ3v) is 6.44. The molecule has 0 aromatic heterocycles. The van der Waals surface area contributed by atoms with Gasteiger partial charge in [-0.15, -0.1) is 23.5 Å². The van der Waals surface area contributed by atoms with E-state index in [0.717, 1.165) is 9.79 Å². The van der Waals surface area contributed by atoms with Gasteiger partial charge in [-0.1, -0.05) is 36.4 Å². The van der Waals surface area contributed by atoms with Crippen molar-refractivity contribution in [1.29, 1.82) is 0 Å². The van der Waals surface area contributed by atoms with Gasteiger partial charge in [0, 0.05) is 9.79 Å². The molecule has 0 atom stereocenters. The molecule has 0 N–H and O–H groups in total. The molecule has 2 nitrogen and oxygen atoms in total. The van der Waals surface area contributed by atoms with Gasteiger partial charge in [0.05, 0.1) is 0 Å². The zero-order valence-electron chi connectivity index (χ0n) is 12.4. The van der Waals surface area contributed by atoms with Crippen LogP contribution in [0.1, 0.15) is 13.8 Å². The summed E-state index contributed by atoms with van der Waals surface area (Å²) in [6, 6.07) is 19.2. The smallest absolute Gasteiger partial charge is 0.180 e. The summed E-state index contributed by atoms with van der Waals surface area (Å²) >= 11 is 2.70. The zero-order valence-corrected chi connectivity index (χ0v) is 14.0. The second kappa shape index (κ2) is 5.60. The van der Waals surface area contributed by atoms with Gasteiger partial charge in [0.2, 0.25) is 0 Å². The molecule has 1 aliphatic carbocycles. The van der Waals surface area contributed by atoms with Crippen LogP contribution in [0.15, 0.2) is 70.5 Å². The molecule has 2 aromatic rings. The number of benzene rings is 2. The number of rotatable bonds is 4. The van der Waals surface area contributed by atoms with E-state index in [2.05, 4.69) is 0 Å². The lowest BCUT2D eigenvalue weighted by atomic mass is 9.72. The summed E-state index contributed by atoms with van der Waals surface area (Å²) < 4.78 is -1.95. The number of ketones is 2. The molecule has 3 rings (SSSR count). The Morgan fingerprint density at radius 2 is 0.955 bits per heavy atom. The van der Waals surface area contributed by atoms with Gasteiger partial charge in [-0.3, -0.25) is 9.59 Å². The van der Waals surface area contributed by atoms with Crippen molar-refractivity contribution >= 4 is 35.1 Å². The second-order valence-corrected chi connectivity index (χ2v) is 8.54. The van der Waals surface area contributed by atoms with E-state index < -0.39 is 9.49 Å². The lowest BCUT2D eigenvalue weighted by Gasteiger charge is -2.47. The molecule has 112 valence electrons. The van der Waals surface area contributed by atoms with E-state index in [0.29, 0.717) is 0 Å². The average molecular weight is 328 g/mol. The monoisotopic (exact) mass is 328 g/mol. The molecular formula is C18H16O2S2. The Labute approximate surface area is 138 Å². The van der Waals surface area contributed by atoms with Gasteiger partial charge in [-0.05, 0) is 38.1 Å². The first-order valence-corrected chi connectivity index (χ1v) is 8.68. The van der Waals surface area contributed by atoms with Crippen LogP contribution in [0.5, 0.6) is 0 Å². The Balaban J connectivity index is 1.81. The molecule has 4 heteroatoms. The number of carbonyl (C=O) groups is 2. The lowest BCUT2D eigenvalue weighted by Crippen LogP contribution is -2.70.